The summed E-state index contributed by atoms with van der Waals surface area (Å²) in [5.74, 6) is -4.73. The first-order valence-electron chi connectivity index (χ1n) is 30.3. The number of nitrogens with one attached hydrogen (secondary N) is 7. The Hall–Kier alpha value is -4.93. The number of carbonyl (C=O) groups is 8. The zero-order valence-electron chi connectivity index (χ0n) is 52.5. The number of amides is 8. The highest BCUT2D eigenvalue weighted by atomic mass is 31.2. The van der Waals surface area contributed by atoms with Gasteiger partial charge in [-0.25, -0.2) is 0 Å². The fourth-order valence-corrected chi connectivity index (χ4v) is 9.82. The molecule has 0 saturated carbocycles. The minimum absolute atomic E-state index is 0.0365. The molecule has 16 unspecified atom stereocenters. The van der Waals surface area contributed by atoms with Crippen molar-refractivity contribution in [2.75, 3.05) is 145 Å². The van der Waals surface area contributed by atoms with E-state index >= 15 is 0 Å². The minimum atomic E-state index is -5.15. The van der Waals surface area contributed by atoms with Gasteiger partial charge in [-0.3, -0.25) is 47.8 Å². The molecule has 40 nitrogen and oxygen atoms in total. The van der Waals surface area contributed by atoms with Gasteiger partial charge >= 0.3 is 0 Å². The normalized spacial score (nSPS) is 27.1. The lowest BCUT2D eigenvalue weighted by atomic mass is 9.97. The van der Waals surface area contributed by atoms with Crippen LogP contribution in [0, 0.1) is 0 Å². The molecule has 544 valence electrons. The summed E-state index contributed by atoms with van der Waals surface area (Å²) in [5.41, 5.74) is 0. The quantitative estimate of drug-likeness (QED) is 0.0199. The van der Waals surface area contributed by atoms with E-state index in [9.17, 15) is 98.9 Å². The zero-order valence-corrected chi connectivity index (χ0v) is 53.4. The Labute approximate surface area is 541 Å². The second-order valence-corrected chi connectivity index (χ2v) is 22.9. The molecular formula is C53H95N9O31P-. The second-order valence-electron chi connectivity index (χ2n) is 21.8. The summed E-state index contributed by atoms with van der Waals surface area (Å²) < 4.78 is 65.1. The van der Waals surface area contributed by atoms with Crippen molar-refractivity contribution in [1.82, 2.24) is 47.0 Å². The van der Waals surface area contributed by atoms with E-state index in [1.807, 2.05) is 0 Å². The van der Waals surface area contributed by atoms with Crippen LogP contribution in [0.25, 0.3) is 0 Å². The Morgan fingerprint density at radius 1 is 0.500 bits per heavy atom. The van der Waals surface area contributed by atoms with Crippen molar-refractivity contribution in [3.8, 4) is 0 Å². The van der Waals surface area contributed by atoms with Gasteiger partial charge < -0.3 is 150 Å². The maximum atomic E-state index is 13.7. The summed E-state index contributed by atoms with van der Waals surface area (Å²) >= 11 is 0. The van der Waals surface area contributed by atoms with Crippen LogP contribution in [0.5, 0.6) is 0 Å². The van der Waals surface area contributed by atoms with Gasteiger partial charge in [-0.15, -0.1) is 0 Å². The number of aliphatic hydroxyl groups excluding tert-OH is 10. The van der Waals surface area contributed by atoms with E-state index < -0.39 is 193 Å². The lowest BCUT2D eigenvalue weighted by Crippen LogP contribution is -2.64. The third-order valence-corrected chi connectivity index (χ3v) is 14.5. The predicted octanol–water partition coefficient (Wildman–Crippen LogP) is -12.1. The number of ether oxygens (including phenoxy) is 9. The van der Waals surface area contributed by atoms with Gasteiger partial charge in [0.15, 0.2) is 18.9 Å². The second kappa shape index (κ2) is 44.8. The molecule has 0 aromatic rings. The molecule has 3 fully saturated rings. The molecule has 8 amide bonds. The molecule has 3 saturated heterocycles. The van der Waals surface area contributed by atoms with Crippen LogP contribution in [0.3, 0.4) is 0 Å². The van der Waals surface area contributed by atoms with Crippen molar-refractivity contribution in [2.24, 2.45) is 0 Å². The molecular weight excluding hydrogens is 1290 g/mol. The van der Waals surface area contributed by atoms with E-state index in [1.54, 1.807) is 0 Å². The van der Waals surface area contributed by atoms with Gasteiger partial charge in [0.05, 0.1) is 112 Å². The molecule has 94 heavy (non-hydrogen) atoms. The Morgan fingerprint density at radius 3 is 1.22 bits per heavy atom. The van der Waals surface area contributed by atoms with Crippen molar-refractivity contribution in [3.63, 3.8) is 0 Å². The predicted molar refractivity (Wildman–Crippen MR) is 312 cm³/mol. The average molecular weight is 1390 g/mol. The monoisotopic (exact) mass is 1380 g/mol. The molecule has 0 aromatic heterocycles. The molecule has 0 bridgehead atoms. The summed E-state index contributed by atoms with van der Waals surface area (Å²) in [4.78, 5) is 124. The number of aliphatic hydroxyl groups is 10. The number of hydrogen-bond acceptors (Lipinski definition) is 31. The molecule has 3 aliphatic rings. The first-order valence-corrected chi connectivity index (χ1v) is 31.8. The third kappa shape index (κ3) is 32.0. The van der Waals surface area contributed by atoms with Crippen LogP contribution in [0.1, 0.15) is 46.5 Å². The Balaban J connectivity index is 1.64. The molecule has 3 heterocycles. The van der Waals surface area contributed by atoms with Gasteiger partial charge in [-0.1, -0.05) is 0 Å². The standard InChI is InChI=1S/C53H96N9O31P/c1-30(66)58-42-48(78)45(75)34(26-63)91-51(42)87-19-16-84-13-8-54-38(71)23-61(24-39(72)55-9-14-85-17-20-88-52-43(59-31(2)67)49(79)46(76)35(27-64)92-52)11-5-12-62(41(74)7-4-6-37(70)57-22-33(69)29-90-94(81,82)83)25-40(73)56-10-15-86-18-21-89-53-44(60-32(3)68)50(80)47(77)36(28-65)93-53/h33-36,42-53,63-65,69,75-80H,4-29H2,1-3H3,(H,54,71)(H,55,72)(H,56,73)(H,57,70)(H,58,66)(H,59,67)(H,60,68)(H2,81,82,83)/p-1/t33-,34?,35?,36?,42?,43?,44?,45?,46?,47?,48?,49?,50?,51?,52?,53?/m0/s1. The van der Waals surface area contributed by atoms with Crippen molar-refractivity contribution in [2.45, 2.75) is 144 Å². The van der Waals surface area contributed by atoms with Crippen molar-refractivity contribution in [3.05, 3.63) is 0 Å². The van der Waals surface area contributed by atoms with Crippen LogP contribution in [0.4, 0.5) is 0 Å². The Bertz CT molecular complexity index is 2260. The molecule has 0 aromatic carbocycles. The third-order valence-electron chi connectivity index (χ3n) is 14.1. The molecule has 3 aliphatic heterocycles. The van der Waals surface area contributed by atoms with Crippen molar-refractivity contribution in [1.29, 1.82) is 0 Å². The van der Waals surface area contributed by atoms with E-state index in [0.717, 1.165) is 0 Å². The molecule has 0 aliphatic carbocycles. The molecule has 18 N–H and O–H groups in total. The van der Waals surface area contributed by atoms with Gasteiger partial charge in [0.25, 0.3) is 7.82 Å². The lowest BCUT2D eigenvalue weighted by Gasteiger charge is -2.42. The number of phosphoric ester groups is 1. The number of phosphoric acid groups is 1. The number of hydrogen-bond donors (Lipinski definition) is 18. The molecule has 17 atom stereocenters. The summed E-state index contributed by atoms with van der Waals surface area (Å²) in [6, 6.07) is -3.56. The van der Waals surface area contributed by atoms with Crippen LogP contribution >= 0.6 is 7.82 Å². The van der Waals surface area contributed by atoms with Gasteiger partial charge in [-0.05, 0) is 12.8 Å². The van der Waals surface area contributed by atoms with Gasteiger partial charge in [-0.2, -0.15) is 0 Å². The van der Waals surface area contributed by atoms with Crippen molar-refractivity contribution < 1.29 is 151 Å². The fourth-order valence-electron chi connectivity index (χ4n) is 9.46. The molecule has 41 heteroatoms. The largest absolute Gasteiger partial charge is 0.756 e. The smallest absolute Gasteiger partial charge is 0.265 e. The van der Waals surface area contributed by atoms with E-state index in [-0.39, 0.29) is 131 Å². The summed E-state index contributed by atoms with van der Waals surface area (Å²) in [6.07, 6.45) is -18.8. The van der Waals surface area contributed by atoms with E-state index in [4.69, 9.17) is 47.5 Å². The minimum Gasteiger partial charge on any atom is -0.756 e. The maximum absolute atomic E-state index is 13.7. The molecule has 3 rings (SSSR count). The van der Waals surface area contributed by atoms with Gasteiger partial charge in [0.2, 0.25) is 47.3 Å². The first-order chi connectivity index (χ1) is 44.6. The highest BCUT2D eigenvalue weighted by Gasteiger charge is 2.48. The Morgan fingerprint density at radius 2 is 0.872 bits per heavy atom. The maximum Gasteiger partial charge on any atom is 0.265 e. The van der Waals surface area contributed by atoms with E-state index in [1.165, 1.54) is 30.6 Å². The van der Waals surface area contributed by atoms with Gasteiger partial charge in [0, 0.05) is 72.9 Å². The topological polar surface area (TPSA) is 582 Å². The summed E-state index contributed by atoms with van der Waals surface area (Å²) in [6.45, 7) is -2.34. The van der Waals surface area contributed by atoms with Gasteiger partial charge in [0.1, 0.15) is 73.1 Å². The first kappa shape index (κ1) is 83.3. The number of nitrogens with zero attached hydrogens (tertiary/aromatic N) is 2. The zero-order chi connectivity index (χ0) is 69.9. The van der Waals surface area contributed by atoms with Crippen LogP contribution in [-0.4, -0.2) is 356 Å². The lowest BCUT2D eigenvalue weighted by molar-refractivity contribution is -0.272. The average Bonchev–Trinajstić information content (AvgIpc) is 0.831. The number of carbonyl (C=O) groups excluding carboxylic acids is 8. The fraction of sp³-hybridized carbons (Fsp3) is 0.849. The van der Waals surface area contributed by atoms with Crippen LogP contribution in [-0.2, 0) is 90.1 Å². The highest BCUT2D eigenvalue weighted by molar-refractivity contribution is 7.44. The van der Waals surface area contributed by atoms with Crippen LogP contribution in [0.15, 0.2) is 0 Å². The van der Waals surface area contributed by atoms with E-state index in [2.05, 4.69) is 41.7 Å². The summed E-state index contributed by atoms with van der Waals surface area (Å²) in [5, 5.41) is 119. The van der Waals surface area contributed by atoms with Crippen molar-refractivity contribution >= 4 is 55.1 Å². The van der Waals surface area contributed by atoms with E-state index in [0.29, 0.717) is 0 Å². The Kier molecular flexibility index (Phi) is 39.7. The summed E-state index contributed by atoms with van der Waals surface area (Å²) in [7, 11) is -5.15. The van der Waals surface area contributed by atoms with Crippen LogP contribution < -0.4 is 42.1 Å². The SMILES string of the molecule is CC(=O)NC1C(OCCOCCNC(=O)CN(CCCN(CC(=O)NCCOCCOC2OC(CO)C(O)C(O)C2NC(C)=O)C(=O)CCCC(=O)NC[C@H](O)COP(=O)([O-])O)CC(=O)NCCOCCOC2OC(CO)C(O)C(O)C2NC(C)=O)OC(CO)C(O)C1O. The molecule has 0 spiro atoms. The number of rotatable bonds is 46. The molecule has 0 radical (unpaired) electrons. The van der Waals surface area contributed by atoms with Crippen LogP contribution in [0.2, 0.25) is 0 Å². The highest BCUT2D eigenvalue weighted by Crippen LogP contribution is 2.30.